The van der Waals surface area contributed by atoms with E-state index in [0.29, 0.717) is 19.3 Å². The van der Waals surface area contributed by atoms with Crippen LogP contribution in [0, 0.1) is 5.92 Å². The minimum atomic E-state index is -0.911. The zero-order valence-electron chi connectivity index (χ0n) is 10.8. The molecule has 0 heterocycles. The Morgan fingerprint density at radius 3 is 2.00 bits per heavy atom. The van der Waals surface area contributed by atoms with E-state index in [1.165, 1.54) is 27.4 Å². The maximum atomic E-state index is 11.3. The van der Waals surface area contributed by atoms with Gasteiger partial charge in [-0.3, -0.25) is 9.59 Å². The van der Waals surface area contributed by atoms with Gasteiger partial charge in [0, 0.05) is 6.08 Å². The van der Waals surface area contributed by atoms with Gasteiger partial charge >= 0.3 is 17.9 Å². The van der Waals surface area contributed by atoms with Crippen molar-refractivity contribution in [2.75, 3.05) is 21.3 Å². The minimum absolute atomic E-state index is 0.310. The Labute approximate surface area is 106 Å². The van der Waals surface area contributed by atoms with Crippen molar-refractivity contribution in [2.24, 2.45) is 5.92 Å². The Balaban J connectivity index is 4.13. The molecule has 0 unspecified atom stereocenters. The topological polar surface area (TPSA) is 78.9 Å². The fourth-order valence-corrected chi connectivity index (χ4v) is 1.30. The number of allylic oxidation sites excluding steroid dienone is 1. The predicted molar refractivity (Wildman–Crippen MR) is 62.5 cm³/mol. The molecule has 0 bridgehead atoms. The lowest BCUT2D eigenvalue weighted by Crippen LogP contribution is -2.26. The summed E-state index contributed by atoms with van der Waals surface area (Å²) in [6.07, 6.45) is 4.34. The van der Waals surface area contributed by atoms with Crippen LogP contribution in [0.5, 0.6) is 0 Å². The third-order valence-corrected chi connectivity index (χ3v) is 2.29. The Morgan fingerprint density at radius 2 is 1.56 bits per heavy atom. The molecule has 0 fully saturated rings. The van der Waals surface area contributed by atoms with Gasteiger partial charge < -0.3 is 14.2 Å². The normalized spacial score (nSPS) is 10.4. The van der Waals surface area contributed by atoms with E-state index in [4.69, 9.17) is 0 Å². The van der Waals surface area contributed by atoms with Crippen LogP contribution in [0.3, 0.4) is 0 Å². The van der Waals surface area contributed by atoms with Gasteiger partial charge in [0.2, 0.25) is 0 Å². The summed E-state index contributed by atoms with van der Waals surface area (Å²) in [6, 6.07) is 0. The molecule has 0 aromatic heterocycles. The fourth-order valence-electron chi connectivity index (χ4n) is 1.30. The molecule has 0 aliphatic carbocycles. The van der Waals surface area contributed by atoms with Gasteiger partial charge in [-0.05, 0) is 19.3 Å². The van der Waals surface area contributed by atoms with Gasteiger partial charge in [-0.1, -0.05) is 6.08 Å². The third kappa shape index (κ3) is 6.03. The summed E-state index contributed by atoms with van der Waals surface area (Å²) in [4.78, 5) is 33.4. The van der Waals surface area contributed by atoms with Gasteiger partial charge in [0.1, 0.15) is 0 Å². The van der Waals surface area contributed by atoms with Gasteiger partial charge in [0.05, 0.1) is 21.3 Å². The number of ether oxygens (including phenoxy) is 3. The monoisotopic (exact) mass is 258 g/mol. The Hall–Kier alpha value is -1.85. The fraction of sp³-hybridized carbons (Fsp3) is 0.583. The second-order valence-electron chi connectivity index (χ2n) is 3.46. The Kier molecular flexibility index (Phi) is 8.26. The highest BCUT2D eigenvalue weighted by Gasteiger charge is 2.27. The highest BCUT2D eigenvalue weighted by molar-refractivity contribution is 5.94. The number of esters is 3. The van der Waals surface area contributed by atoms with Crippen molar-refractivity contribution in [2.45, 2.75) is 19.3 Å². The lowest BCUT2D eigenvalue weighted by Gasteiger charge is -2.11. The molecule has 0 amide bonds. The van der Waals surface area contributed by atoms with Gasteiger partial charge in [-0.15, -0.1) is 0 Å². The average Bonchev–Trinajstić information content (AvgIpc) is 2.40. The number of methoxy groups -OCH3 is 3. The number of hydrogen-bond donors (Lipinski definition) is 0. The maximum absolute atomic E-state index is 11.3. The van der Waals surface area contributed by atoms with Crippen molar-refractivity contribution in [3.05, 3.63) is 12.2 Å². The van der Waals surface area contributed by atoms with Crippen molar-refractivity contribution < 1.29 is 28.6 Å². The van der Waals surface area contributed by atoms with E-state index < -0.39 is 23.8 Å². The smallest absolute Gasteiger partial charge is 0.330 e. The first-order chi connectivity index (χ1) is 8.56. The third-order valence-electron chi connectivity index (χ3n) is 2.29. The van der Waals surface area contributed by atoms with E-state index in [-0.39, 0.29) is 0 Å². The number of rotatable bonds is 7. The SMILES string of the molecule is COC(=O)/C=C/CCCC(C(=O)OC)C(=O)OC. The second kappa shape index (κ2) is 9.21. The maximum Gasteiger partial charge on any atom is 0.330 e. The van der Waals surface area contributed by atoms with Gasteiger partial charge in [0.25, 0.3) is 0 Å². The van der Waals surface area contributed by atoms with Gasteiger partial charge in [-0.2, -0.15) is 0 Å². The number of carbonyl (C=O) groups excluding carboxylic acids is 3. The molecule has 0 atom stereocenters. The van der Waals surface area contributed by atoms with E-state index in [1.54, 1.807) is 6.08 Å². The molecule has 6 heteroatoms. The molecule has 0 saturated carbocycles. The zero-order chi connectivity index (χ0) is 14.0. The van der Waals surface area contributed by atoms with E-state index in [0.717, 1.165) is 0 Å². The Morgan fingerprint density at radius 1 is 1.00 bits per heavy atom. The first-order valence-corrected chi connectivity index (χ1v) is 5.47. The van der Waals surface area contributed by atoms with E-state index in [9.17, 15) is 14.4 Å². The summed E-state index contributed by atoms with van der Waals surface area (Å²) >= 11 is 0. The van der Waals surface area contributed by atoms with E-state index >= 15 is 0 Å². The summed E-state index contributed by atoms with van der Waals surface area (Å²) in [5.41, 5.74) is 0. The van der Waals surface area contributed by atoms with Crippen molar-refractivity contribution in [1.82, 2.24) is 0 Å². The van der Waals surface area contributed by atoms with Crippen molar-refractivity contribution in [3.63, 3.8) is 0 Å². The number of carbonyl (C=O) groups is 3. The van der Waals surface area contributed by atoms with Crippen LogP contribution in [0.4, 0.5) is 0 Å². The highest BCUT2D eigenvalue weighted by Crippen LogP contribution is 2.12. The molecule has 0 saturated heterocycles. The molecule has 6 nitrogen and oxygen atoms in total. The molecule has 0 aliphatic heterocycles. The quantitative estimate of drug-likeness (QED) is 0.221. The average molecular weight is 258 g/mol. The molecule has 0 aromatic carbocycles. The Bertz CT molecular complexity index is 305. The van der Waals surface area contributed by atoms with Gasteiger partial charge in [-0.25, -0.2) is 4.79 Å². The standard InChI is InChI=1S/C12H18O6/c1-16-10(13)8-6-4-5-7-9(11(14)17-2)12(15)18-3/h6,8-9H,4-5,7H2,1-3H3/b8-6+. The molecule has 0 aliphatic rings. The summed E-state index contributed by atoms with van der Waals surface area (Å²) in [7, 11) is 3.72. The minimum Gasteiger partial charge on any atom is -0.468 e. The number of unbranched alkanes of at least 4 members (excludes halogenated alkanes) is 1. The second-order valence-corrected chi connectivity index (χ2v) is 3.46. The molecule has 0 rings (SSSR count). The van der Waals surface area contributed by atoms with E-state index in [2.05, 4.69) is 14.2 Å². The number of hydrogen-bond acceptors (Lipinski definition) is 6. The first kappa shape index (κ1) is 16.1. The summed E-state index contributed by atoms with van der Waals surface area (Å²) in [5, 5.41) is 0. The van der Waals surface area contributed by atoms with Crippen molar-refractivity contribution in [1.29, 1.82) is 0 Å². The van der Waals surface area contributed by atoms with Crippen LogP contribution in [0.15, 0.2) is 12.2 Å². The lowest BCUT2D eigenvalue weighted by molar-refractivity contribution is -0.159. The lowest BCUT2D eigenvalue weighted by atomic mass is 10.0. The predicted octanol–water partition coefficient (Wildman–Crippen LogP) is 0.848. The summed E-state index contributed by atoms with van der Waals surface area (Å²) < 4.78 is 13.4. The van der Waals surface area contributed by atoms with Crippen LogP contribution in [-0.4, -0.2) is 39.2 Å². The van der Waals surface area contributed by atoms with Crippen molar-refractivity contribution >= 4 is 17.9 Å². The molecular formula is C12H18O6. The van der Waals surface area contributed by atoms with Crippen LogP contribution in [0.25, 0.3) is 0 Å². The first-order valence-electron chi connectivity index (χ1n) is 5.47. The zero-order valence-corrected chi connectivity index (χ0v) is 10.8. The molecule has 18 heavy (non-hydrogen) atoms. The largest absolute Gasteiger partial charge is 0.468 e. The van der Waals surface area contributed by atoms with Crippen LogP contribution < -0.4 is 0 Å². The van der Waals surface area contributed by atoms with Gasteiger partial charge in [0.15, 0.2) is 5.92 Å². The summed E-state index contributed by atoms with van der Waals surface area (Å²) in [6.45, 7) is 0. The van der Waals surface area contributed by atoms with Crippen LogP contribution in [0.2, 0.25) is 0 Å². The molecule has 0 radical (unpaired) electrons. The van der Waals surface area contributed by atoms with Crippen LogP contribution >= 0.6 is 0 Å². The molecule has 102 valence electrons. The molecule has 0 spiro atoms. The molecular weight excluding hydrogens is 240 g/mol. The molecule has 0 N–H and O–H groups in total. The highest BCUT2D eigenvalue weighted by atomic mass is 16.5. The van der Waals surface area contributed by atoms with Crippen molar-refractivity contribution in [3.8, 4) is 0 Å². The van der Waals surface area contributed by atoms with E-state index in [1.807, 2.05) is 0 Å². The van der Waals surface area contributed by atoms with Crippen LogP contribution in [-0.2, 0) is 28.6 Å². The molecule has 0 aromatic rings. The summed E-state index contributed by atoms with van der Waals surface area (Å²) in [5.74, 6) is -2.57. The van der Waals surface area contributed by atoms with Crippen LogP contribution in [0.1, 0.15) is 19.3 Å².